The molecule has 0 amide bonds. The van der Waals surface area contributed by atoms with Crippen LogP contribution in [-0.4, -0.2) is 47.5 Å². The molecule has 0 spiro atoms. The van der Waals surface area contributed by atoms with Gasteiger partial charge in [0.2, 0.25) is 10.0 Å². The normalized spacial score (nSPS) is 13.7. The van der Waals surface area contributed by atoms with E-state index in [4.69, 9.17) is 5.11 Å². The zero-order valence-electron chi connectivity index (χ0n) is 8.43. The van der Waals surface area contributed by atoms with Gasteiger partial charge in [-0.15, -0.1) is 0 Å². The van der Waals surface area contributed by atoms with Crippen LogP contribution in [0.15, 0.2) is 0 Å². The van der Waals surface area contributed by atoms with Crippen molar-refractivity contribution >= 4 is 26.8 Å². The fourth-order valence-electron chi connectivity index (χ4n) is 0.749. The average molecular weight is 257 g/mol. The van der Waals surface area contributed by atoms with Gasteiger partial charge in [-0.3, -0.25) is 9.00 Å². The Kier molecular flexibility index (Phi) is 6.70. The summed E-state index contributed by atoms with van der Waals surface area (Å²) in [7, 11) is -4.56. The van der Waals surface area contributed by atoms with Crippen molar-refractivity contribution in [2.75, 3.05) is 23.8 Å². The summed E-state index contributed by atoms with van der Waals surface area (Å²) in [6, 6.07) is 0. The lowest BCUT2D eigenvalue weighted by atomic mass is 10.5. The minimum atomic E-state index is -3.55. The van der Waals surface area contributed by atoms with Gasteiger partial charge < -0.3 is 5.11 Å². The van der Waals surface area contributed by atoms with Crippen LogP contribution in [0.4, 0.5) is 0 Å². The van der Waals surface area contributed by atoms with Crippen molar-refractivity contribution in [3.05, 3.63) is 0 Å². The Balaban J connectivity index is 3.84. The van der Waals surface area contributed by atoms with Crippen LogP contribution in [0, 0.1) is 0 Å². The van der Waals surface area contributed by atoms with Gasteiger partial charge >= 0.3 is 5.97 Å². The highest BCUT2D eigenvalue weighted by Gasteiger charge is 2.12. The number of aliphatic carboxylic acids is 1. The predicted molar refractivity (Wildman–Crippen MR) is 57.6 cm³/mol. The van der Waals surface area contributed by atoms with E-state index < -0.39 is 39.0 Å². The summed E-state index contributed by atoms with van der Waals surface area (Å²) in [5, 5.41) is 8.29. The molecular formula is C7H15NO5S2. The van der Waals surface area contributed by atoms with Gasteiger partial charge in [-0.2, -0.15) is 0 Å². The Hall–Kier alpha value is -0.470. The second-order valence-electron chi connectivity index (χ2n) is 2.79. The second-order valence-corrected chi connectivity index (χ2v) is 6.58. The highest BCUT2D eigenvalue weighted by molar-refractivity contribution is 7.89. The van der Waals surface area contributed by atoms with Gasteiger partial charge in [0, 0.05) is 28.9 Å². The summed E-state index contributed by atoms with van der Waals surface area (Å²) in [6.45, 7) is 1.83. The molecule has 0 aromatic heterocycles. The molecule has 0 radical (unpaired) electrons. The first-order valence-corrected chi connectivity index (χ1v) is 7.55. The van der Waals surface area contributed by atoms with E-state index >= 15 is 0 Å². The summed E-state index contributed by atoms with van der Waals surface area (Å²) >= 11 is 0. The summed E-state index contributed by atoms with van der Waals surface area (Å²) in [5.74, 6) is -0.863. The van der Waals surface area contributed by atoms with E-state index in [0.29, 0.717) is 5.75 Å². The molecule has 0 aromatic carbocycles. The van der Waals surface area contributed by atoms with Crippen molar-refractivity contribution in [2.24, 2.45) is 0 Å². The maximum Gasteiger partial charge on any atom is 0.304 e. The van der Waals surface area contributed by atoms with Crippen LogP contribution < -0.4 is 4.72 Å². The number of nitrogens with one attached hydrogen (secondary N) is 1. The third kappa shape index (κ3) is 8.52. The number of hydrogen-bond acceptors (Lipinski definition) is 4. The summed E-state index contributed by atoms with van der Waals surface area (Å²) in [4.78, 5) is 10.1. The molecule has 0 bridgehead atoms. The lowest BCUT2D eigenvalue weighted by Crippen LogP contribution is -2.31. The fraction of sp³-hybridized carbons (Fsp3) is 0.857. The molecule has 0 heterocycles. The fourth-order valence-corrected chi connectivity index (χ4v) is 2.50. The van der Waals surface area contributed by atoms with E-state index in [-0.39, 0.29) is 12.3 Å². The Morgan fingerprint density at radius 2 is 2.07 bits per heavy atom. The molecule has 0 aliphatic heterocycles. The molecule has 2 N–H and O–H groups in total. The van der Waals surface area contributed by atoms with Gasteiger partial charge in [0.15, 0.2) is 0 Å². The van der Waals surface area contributed by atoms with Crippen molar-refractivity contribution in [3.63, 3.8) is 0 Å². The largest absolute Gasteiger partial charge is 0.481 e. The van der Waals surface area contributed by atoms with E-state index in [9.17, 15) is 17.4 Å². The van der Waals surface area contributed by atoms with Crippen LogP contribution in [0.25, 0.3) is 0 Å². The van der Waals surface area contributed by atoms with Gasteiger partial charge in [-0.05, 0) is 0 Å². The number of carboxylic acid groups (broad SMARTS) is 1. The first-order chi connectivity index (χ1) is 6.87. The first kappa shape index (κ1) is 14.5. The van der Waals surface area contributed by atoms with Crippen LogP contribution in [0.2, 0.25) is 0 Å². The van der Waals surface area contributed by atoms with Crippen molar-refractivity contribution < 1.29 is 22.5 Å². The Bertz CT molecular complexity index is 324. The minimum Gasteiger partial charge on any atom is -0.481 e. The second kappa shape index (κ2) is 6.91. The molecule has 0 saturated carbocycles. The number of rotatable bonds is 8. The zero-order valence-corrected chi connectivity index (χ0v) is 10.1. The number of carbonyl (C=O) groups is 1. The lowest BCUT2D eigenvalue weighted by molar-refractivity contribution is -0.136. The first-order valence-electron chi connectivity index (χ1n) is 4.41. The molecule has 0 aliphatic carbocycles. The maximum absolute atomic E-state index is 11.1. The molecular weight excluding hydrogens is 242 g/mol. The van der Waals surface area contributed by atoms with Crippen molar-refractivity contribution in [3.8, 4) is 0 Å². The quantitative estimate of drug-likeness (QED) is 0.590. The minimum absolute atomic E-state index is 0.0857. The maximum atomic E-state index is 11.1. The molecule has 90 valence electrons. The van der Waals surface area contributed by atoms with Gasteiger partial charge in [-0.1, -0.05) is 6.92 Å². The van der Waals surface area contributed by atoms with E-state index in [1.165, 1.54) is 0 Å². The Morgan fingerprint density at radius 3 is 2.53 bits per heavy atom. The van der Waals surface area contributed by atoms with Crippen molar-refractivity contribution in [1.82, 2.24) is 4.72 Å². The highest BCUT2D eigenvalue weighted by atomic mass is 32.2. The molecule has 8 heteroatoms. The summed E-state index contributed by atoms with van der Waals surface area (Å²) in [6.07, 6.45) is -0.424. The monoisotopic (exact) mass is 257 g/mol. The van der Waals surface area contributed by atoms with Gasteiger partial charge in [0.05, 0.1) is 12.2 Å². The van der Waals surface area contributed by atoms with Crippen molar-refractivity contribution in [1.29, 1.82) is 0 Å². The smallest absolute Gasteiger partial charge is 0.304 e. The molecule has 0 aliphatic rings. The topological polar surface area (TPSA) is 101 Å². The van der Waals surface area contributed by atoms with E-state index in [0.717, 1.165) is 0 Å². The number of hydrogen-bond donors (Lipinski definition) is 2. The standard InChI is InChI=1S/C7H15NO5S2/c1-2-14(11)5-4-8-15(12,13)6-3-7(9)10/h8H,2-6H2,1H3,(H,9,10). The van der Waals surface area contributed by atoms with Gasteiger partial charge in [-0.25, -0.2) is 13.1 Å². The molecule has 1 unspecified atom stereocenters. The predicted octanol–water partition coefficient (Wildman–Crippen LogP) is -0.851. The van der Waals surface area contributed by atoms with Gasteiger partial charge in [0.25, 0.3) is 0 Å². The van der Waals surface area contributed by atoms with Crippen molar-refractivity contribution in [2.45, 2.75) is 13.3 Å². The van der Waals surface area contributed by atoms with Gasteiger partial charge in [0.1, 0.15) is 0 Å². The van der Waals surface area contributed by atoms with Crippen LogP contribution in [0.3, 0.4) is 0 Å². The zero-order chi connectivity index (χ0) is 11.9. The summed E-state index contributed by atoms with van der Waals surface area (Å²) < 4.78 is 35.4. The van der Waals surface area contributed by atoms with Crippen LogP contribution >= 0.6 is 0 Å². The lowest BCUT2D eigenvalue weighted by Gasteiger charge is -2.04. The van der Waals surface area contributed by atoms with E-state index in [1.54, 1.807) is 6.92 Å². The summed E-state index contributed by atoms with van der Waals surface area (Å²) in [5.41, 5.74) is 0. The highest BCUT2D eigenvalue weighted by Crippen LogP contribution is 1.90. The van der Waals surface area contributed by atoms with Crippen LogP contribution in [-0.2, 0) is 25.6 Å². The SMILES string of the molecule is CCS(=O)CCNS(=O)(=O)CCC(=O)O. The Morgan fingerprint density at radius 1 is 1.47 bits per heavy atom. The molecule has 0 fully saturated rings. The molecule has 0 rings (SSSR count). The average Bonchev–Trinajstić information content (AvgIpc) is 2.14. The molecule has 0 aromatic rings. The third-order valence-corrected chi connectivity index (χ3v) is 4.25. The molecule has 1 atom stereocenters. The third-order valence-electron chi connectivity index (χ3n) is 1.56. The molecule has 0 saturated heterocycles. The van der Waals surface area contributed by atoms with Crippen LogP contribution in [0.5, 0.6) is 0 Å². The molecule has 6 nitrogen and oxygen atoms in total. The van der Waals surface area contributed by atoms with E-state index in [1.807, 2.05) is 0 Å². The number of sulfonamides is 1. The van der Waals surface area contributed by atoms with E-state index in [2.05, 4.69) is 4.72 Å². The number of carboxylic acids is 1. The van der Waals surface area contributed by atoms with Crippen LogP contribution in [0.1, 0.15) is 13.3 Å². The Labute approximate surface area is 91.6 Å². The molecule has 15 heavy (non-hydrogen) atoms.